The highest BCUT2D eigenvalue weighted by Gasteiger charge is 2.61. The molecule has 0 radical (unpaired) electrons. The number of amides is 1. The fourth-order valence-corrected chi connectivity index (χ4v) is 7.16. The van der Waals surface area contributed by atoms with Crippen LogP contribution in [0.1, 0.15) is 51.9 Å². The summed E-state index contributed by atoms with van der Waals surface area (Å²) >= 11 is 0. The van der Waals surface area contributed by atoms with E-state index in [1.165, 1.54) is 15.5 Å². The number of nitrogens with one attached hydrogen (secondary N) is 1. The fraction of sp³-hybridized carbons (Fsp3) is 0.696. The second-order valence-corrected chi connectivity index (χ2v) is 10.5. The summed E-state index contributed by atoms with van der Waals surface area (Å²) in [5.74, 6) is 0.641. The van der Waals surface area contributed by atoms with Crippen molar-refractivity contribution in [2.75, 3.05) is 6.61 Å². The quantitative estimate of drug-likeness (QED) is 0.508. The molecule has 1 amide bonds. The first kappa shape index (κ1) is 21.9. The summed E-state index contributed by atoms with van der Waals surface area (Å²) in [7, 11) is 3.30. The number of nitrogens with zero attached hydrogens (tertiary/aromatic N) is 4. The van der Waals surface area contributed by atoms with Crippen molar-refractivity contribution in [2.24, 2.45) is 31.3 Å². The highest BCUT2D eigenvalue weighted by atomic mass is 16.5. The molecule has 0 aromatic carbocycles. The van der Waals surface area contributed by atoms with E-state index in [1.807, 2.05) is 0 Å². The number of rotatable bonds is 6. The zero-order valence-corrected chi connectivity index (χ0v) is 19.4. The Labute approximate surface area is 190 Å². The van der Waals surface area contributed by atoms with Crippen molar-refractivity contribution in [1.29, 1.82) is 0 Å². The first-order valence-electron chi connectivity index (χ1n) is 11.7. The van der Waals surface area contributed by atoms with Crippen molar-refractivity contribution in [1.82, 2.24) is 24.0 Å². The molecule has 0 saturated heterocycles. The van der Waals surface area contributed by atoms with Crippen LogP contribution in [0, 0.1) is 17.3 Å². The third-order valence-corrected chi connectivity index (χ3v) is 7.90. The molecule has 4 fully saturated rings. The summed E-state index contributed by atoms with van der Waals surface area (Å²) in [5.41, 5.74) is -0.926. The topological polar surface area (TPSA) is 117 Å². The summed E-state index contributed by atoms with van der Waals surface area (Å²) < 4.78 is 9.85. The molecule has 4 aliphatic carbocycles. The Morgan fingerprint density at radius 3 is 2.55 bits per heavy atom. The first-order chi connectivity index (χ1) is 15.6. The van der Waals surface area contributed by atoms with Gasteiger partial charge in [-0.05, 0) is 56.8 Å². The number of imidazole rings is 1. The molecule has 10 nitrogen and oxygen atoms in total. The Balaban J connectivity index is 1.27. The average molecular weight is 458 g/mol. The first-order valence-corrected chi connectivity index (χ1v) is 11.7. The molecule has 0 spiro atoms. The summed E-state index contributed by atoms with van der Waals surface area (Å²) in [6, 6.07) is 0. The van der Waals surface area contributed by atoms with Gasteiger partial charge in [0.15, 0.2) is 11.2 Å². The van der Waals surface area contributed by atoms with Crippen LogP contribution in [0.2, 0.25) is 0 Å². The summed E-state index contributed by atoms with van der Waals surface area (Å²) in [6.45, 7) is 1.84. The molecule has 4 bridgehead atoms. The highest BCUT2D eigenvalue weighted by molar-refractivity contribution is 5.79. The standard InChI is InChI=1S/C23H31N5O5/c1-14(29)25-23-10-15-7-16(11-23)9-22(8-15,12-23)20(31)33-6-4-5-28-19(30)17-18(24-13-26(17)2)27(3)21(28)32/h13,15-16H,4-12H2,1-3H3,(H,25,29). The maximum absolute atomic E-state index is 13.2. The Bertz CT molecular complexity index is 1240. The van der Waals surface area contributed by atoms with Gasteiger partial charge in [-0.25, -0.2) is 9.78 Å². The molecule has 1 N–H and O–H groups in total. The van der Waals surface area contributed by atoms with E-state index in [0.29, 0.717) is 35.8 Å². The molecule has 10 heteroatoms. The number of esters is 1. The van der Waals surface area contributed by atoms with Gasteiger partial charge in [0.25, 0.3) is 5.56 Å². The van der Waals surface area contributed by atoms with Crippen LogP contribution in [0.15, 0.2) is 15.9 Å². The lowest BCUT2D eigenvalue weighted by atomic mass is 9.47. The molecule has 2 unspecified atom stereocenters. The Morgan fingerprint density at radius 2 is 1.88 bits per heavy atom. The van der Waals surface area contributed by atoms with Gasteiger partial charge in [0.2, 0.25) is 5.91 Å². The van der Waals surface area contributed by atoms with E-state index < -0.39 is 16.7 Å². The number of aryl methyl sites for hydroxylation is 2. The highest BCUT2D eigenvalue weighted by Crippen LogP contribution is 2.62. The lowest BCUT2D eigenvalue weighted by Gasteiger charge is -2.60. The van der Waals surface area contributed by atoms with Crippen molar-refractivity contribution in [3.8, 4) is 0 Å². The van der Waals surface area contributed by atoms with Crippen molar-refractivity contribution in [2.45, 2.75) is 64.0 Å². The van der Waals surface area contributed by atoms with Crippen LogP contribution in [0.5, 0.6) is 0 Å². The van der Waals surface area contributed by atoms with E-state index in [1.54, 1.807) is 25.6 Å². The normalized spacial score (nSPS) is 30.0. The summed E-state index contributed by atoms with van der Waals surface area (Å²) in [6.07, 6.45) is 7.17. The van der Waals surface area contributed by atoms with Gasteiger partial charge in [0, 0.05) is 33.1 Å². The lowest BCUT2D eigenvalue weighted by Crippen LogP contribution is -2.64. The van der Waals surface area contributed by atoms with Crippen LogP contribution in [0.4, 0.5) is 0 Å². The molecule has 178 valence electrons. The molecule has 0 aliphatic heterocycles. The lowest BCUT2D eigenvalue weighted by molar-refractivity contribution is -0.176. The van der Waals surface area contributed by atoms with Crippen molar-refractivity contribution >= 4 is 23.0 Å². The van der Waals surface area contributed by atoms with E-state index in [9.17, 15) is 19.2 Å². The molecule has 33 heavy (non-hydrogen) atoms. The van der Waals surface area contributed by atoms with E-state index in [-0.39, 0.29) is 30.6 Å². The van der Waals surface area contributed by atoms with Crippen LogP contribution in [0.25, 0.3) is 11.2 Å². The van der Waals surface area contributed by atoms with Crippen LogP contribution in [-0.4, -0.2) is 42.7 Å². The summed E-state index contributed by atoms with van der Waals surface area (Å²) in [5, 5.41) is 3.16. The molecular weight excluding hydrogens is 426 g/mol. The molecule has 2 heterocycles. The van der Waals surface area contributed by atoms with Crippen LogP contribution < -0.4 is 16.6 Å². The fourth-order valence-electron chi connectivity index (χ4n) is 7.16. The number of ether oxygens (including phenoxy) is 1. The summed E-state index contributed by atoms with van der Waals surface area (Å²) in [4.78, 5) is 54.6. The Morgan fingerprint density at radius 1 is 1.18 bits per heavy atom. The van der Waals surface area contributed by atoms with Gasteiger partial charge in [0.1, 0.15) is 0 Å². The molecule has 6 rings (SSSR count). The largest absolute Gasteiger partial charge is 0.465 e. The van der Waals surface area contributed by atoms with Gasteiger partial charge < -0.3 is 14.6 Å². The molecular formula is C23H31N5O5. The SMILES string of the molecule is CC(=O)NC12CC3CC(C1)CC(C(=O)OCCCn1c(=O)c4c(ncn4C)n(C)c1=O)(C3)C2. The van der Waals surface area contributed by atoms with Crippen molar-refractivity contribution in [3.05, 3.63) is 27.2 Å². The predicted octanol–water partition coefficient (Wildman–Crippen LogP) is 0.842. The second kappa shape index (κ2) is 7.56. The second-order valence-electron chi connectivity index (χ2n) is 10.5. The zero-order valence-electron chi connectivity index (χ0n) is 19.4. The minimum atomic E-state index is -0.535. The average Bonchev–Trinajstić information content (AvgIpc) is 3.11. The van der Waals surface area contributed by atoms with Gasteiger partial charge in [-0.2, -0.15) is 0 Å². The number of hydrogen-bond acceptors (Lipinski definition) is 6. The van der Waals surface area contributed by atoms with Crippen LogP contribution in [0.3, 0.4) is 0 Å². The molecule has 4 saturated carbocycles. The van der Waals surface area contributed by atoms with Gasteiger partial charge in [-0.3, -0.25) is 23.5 Å². The number of hydrogen-bond donors (Lipinski definition) is 1. The number of aromatic nitrogens is 4. The molecule has 4 aliphatic rings. The molecule has 2 aromatic rings. The van der Waals surface area contributed by atoms with Gasteiger partial charge in [-0.1, -0.05) is 0 Å². The monoisotopic (exact) mass is 457 g/mol. The van der Waals surface area contributed by atoms with Crippen molar-refractivity contribution < 1.29 is 14.3 Å². The maximum Gasteiger partial charge on any atom is 0.332 e. The van der Waals surface area contributed by atoms with Crippen LogP contribution in [-0.2, 0) is 35.0 Å². The van der Waals surface area contributed by atoms with Crippen molar-refractivity contribution in [3.63, 3.8) is 0 Å². The Kier molecular flexibility index (Phi) is 5.02. The minimum absolute atomic E-state index is 0.0436. The minimum Gasteiger partial charge on any atom is -0.465 e. The molecule has 2 atom stereocenters. The maximum atomic E-state index is 13.2. The number of fused-ring (bicyclic) bond motifs is 1. The predicted molar refractivity (Wildman–Crippen MR) is 119 cm³/mol. The van der Waals surface area contributed by atoms with Gasteiger partial charge in [0.05, 0.1) is 18.3 Å². The van der Waals surface area contributed by atoms with E-state index in [0.717, 1.165) is 32.1 Å². The smallest absolute Gasteiger partial charge is 0.332 e. The van der Waals surface area contributed by atoms with E-state index in [4.69, 9.17) is 4.74 Å². The van der Waals surface area contributed by atoms with Gasteiger partial charge >= 0.3 is 11.7 Å². The van der Waals surface area contributed by atoms with E-state index >= 15 is 0 Å². The van der Waals surface area contributed by atoms with Crippen LogP contribution >= 0.6 is 0 Å². The Hall–Kier alpha value is -2.91. The third kappa shape index (κ3) is 3.50. The van der Waals surface area contributed by atoms with E-state index in [2.05, 4.69) is 10.3 Å². The third-order valence-electron chi connectivity index (χ3n) is 7.90. The molecule has 2 aromatic heterocycles. The van der Waals surface area contributed by atoms with Gasteiger partial charge in [-0.15, -0.1) is 0 Å². The zero-order chi connectivity index (χ0) is 23.5. The number of carbonyl (C=O) groups excluding carboxylic acids is 2. The number of carbonyl (C=O) groups is 2.